The van der Waals surface area contributed by atoms with Gasteiger partial charge < -0.3 is 15.9 Å². The van der Waals surface area contributed by atoms with Gasteiger partial charge in [0.25, 0.3) is 10.2 Å². The molecule has 1 heterocycles. The molecule has 104 valence electrons. The first-order valence-electron chi connectivity index (χ1n) is 4.97. The maximum absolute atomic E-state index is 11.9. The summed E-state index contributed by atoms with van der Waals surface area (Å²) in [5.74, 6) is -2.85. The Balaban J connectivity index is 3.19. The predicted octanol–water partition coefficient (Wildman–Crippen LogP) is -2.27. The van der Waals surface area contributed by atoms with Gasteiger partial charge in [-0.05, 0) is 0 Å². The number of hydrogen-bond donors (Lipinski definition) is 3. The summed E-state index contributed by atoms with van der Waals surface area (Å²) in [6, 6.07) is -1.47. The molecule has 1 fully saturated rings. The highest BCUT2D eigenvalue weighted by Gasteiger charge is 2.54. The SMILES string of the molecule is CN(C)S(=O)(=O)N1C[C@](N)(C(=O)O)C[C@H]1C(=O)O. The van der Waals surface area contributed by atoms with Crippen LogP contribution in [0.4, 0.5) is 0 Å². The second kappa shape index (κ2) is 4.46. The maximum atomic E-state index is 11.9. The summed E-state index contributed by atoms with van der Waals surface area (Å²) in [6.07, 6.45) is -0.468. The lowest BCUT2D eigenvalue weighted by Crippen LogP contribution is -2.51. The van der Waals surface area contributed by atoms with Gasteiger partial charge in [0.1, 0.15) is 11.6 Å². The number of carbonyl (C=O) groups is 2. The number of nitrogens with two attached hydrogens (primary N) is 1. The van der Waals surface area contributed by atoms with E-state index in [2.05, 4.69) is 0 Å². The van der Waals surface area contributed by atoms with Crippen LogP contribution in [0.25, 0.3) is 0 Å². The summed E-state index contributed by atoms with van der Waals surface area (Å²) >= 11 is 0. The second-order valence-corrected chi connectivity index (χ2v) is 6.45. The number of aliphatic carboxylic acids is 2. The normalized spacial score (nSPS) is 29.7. The van der Waals surface area contributed by atoms with Gasteiger partial charge in [-0.25, -0.2) is 0 Å². The first kappa shape index (κ1) is 14.8. The van der Waals surface area contributed by atoms with E-state index in [-0.39, 0.29) is 0 Å². The molecule has 0 radical (unpaired) electrons. The van der Waals surface area contributed by atoms with Crippen LogP contribution in [0.15, 0.2) is 0 Å². The van der Waals surface area contributed by atoms with E-state index in [4.69, 9.17) is 15.9 Å². The average molecular weight is 281 g/mol. The molecule has 4 N–H and O–H groups in total. The third-order valence-corrected chi connectivity index (χ3v) is 4.71. The van der Waals surface area contributed by atoms with Crippen LogP contribution in [-0.4, -0.2) is 71.4 Å². The molecule has 1 rings (SSSR count). The molecule has 1 saturated heterocycles. The largest absolute Gasteiger partial charge is 0.480 e. The Bertz CT molecular complexity index is 475. The van der Waals surface area contributed by atoms with Gasteiger partial charge >= 0.3 is 11.9 Å². The van der Waals surface area contributed by atoms with E-state index in [1.807, 2.05) is 0 Å². The van der Waals surface area contributed by atoms with Crippen molar-refractivity contribution in [1.82, 2.24) is 8.61 Å². The highest BCUT2D eigenvalue weighted by molar-refractivity contribution is 7.86. The number of carboxylic acid groups (broad SMARTS) is 2. The monoisotopic (exact) mass is 281 g/mol. The van der Waals surface area contributed by atoms with E-state index >= 15 is 0 Å². The van der Waals surface area contributed by atoms with Gasteiger partial charge in [-0.2, -0.15) is 17.0 Å². The molecule has 9 nitrogen and oxygen atoms in total. The summed E-state index contributed by atoms with van der Waals surface area (Å²) < 4.78 is 25.2. The van der Waals surface area contributed by atoms with E-state index in [1.54, 1.807) is 0 Å². The zero-order chi connectivity index (χ0) is 14.3. The van der Waals surface area contributed by atoms with Crippen molar-refractivity contribution in [3.05, 3.63) is 0 Å². The molecule has 18 heavy (non-hydrogen) atoms. The fourth-order valence-electron chi connectivity index (χ4n) is 1.72. The Morgan fingerprint density at radius 2 is 1.89 bits per heavy atom. The first-order valence-corrected chi connectivity index (χ1v) is 6.36. The summed E-state index contributed by atoms with van der Waals surface area (Å²) in [5.41, 5.74) is 3.65. The van der Waals surface area contributed by atoms with Gasteiger partial charge in [-0.3, -0.25) is 9.59 Å². The zero-order valence-electron chi connectivity index (χ0n) is 9.90. The molecule has 0 bridgehead atoms. The average Bonchev–Trinajstić information content (AvgIpc) is 2.58. The molecule has 1 aliphatic heterocycles. The minimum absolute atomic E-state index is 0.468. The zero-order valence-corrected chi connectivity index (χ0v) is 10.7. The highest BCUT2D eigenvalue weighted by atomic mass is 32.2. The van der Waals surface area contributed by atoms with E-state index in [9.17, 15) is 18.0 Å². The molecule has 10 heteroatoms. The van der Waals surface area contributed by atoms with Crippen molar-refractivity contribution in [3.8, 4) is 0 Å². The van der Waals surface area contributed by atoms with Crippen molar-refractivity contribution in [1.29, 1.82) is 0 Å². The van der Waals surface area contributed by atoms with Crippen molar-refractivity contribution >= 4 is 22.1 Å². The molecule has 1 aliphatic rings. The van der Waals surface area contributed by atoms with Crippen LogP contribution >= 0.6 is 0 Å². The van der Waals surface area contributed by atoms with Crippen molar-refractivity contribution in [3.63, 3.8) is 0 Å². The fraction of sp³-hybridized carbons (Fsp3) is 0.750. The van der Waals surface area contributed by atoms with E-state index in [0.29, 0.717) is 4.31 Å². The predicted molar refractivity (Wildman–Crippen MR) is 59.9 cm³/mol. The minimum Gasteiger partial charge on any atom is -0.480 e. The quantitative estimate of drug-likeness (QED) is 0.527. The Hall–Kier alpha value is -1.23. The van der Waals surface area contributed by atoms with Crippen LogP contribution < -0.4 is 5.73 Å². The molecule has 0 amide bonds. The minimum atomic E-state index is -4.03. The van der Waals surface area contributed by atoms with Crippen molar-refractivity contribution in [2.45, 2.75) is 18.0 Å². The van der Waals surface area contributed by atoms with Crippen molar-refractivity contribution in [2.75, 3.05) is 20.6 Å². The summed E-state index contributed by atoms with van der Waals surface area (Å²) in [5, 5.41) is 17.9. The molecule has 0 aliphatic carbocycles. The first-order chi connectivity index (χ1) is 8.02. The third kappa shape index (κ3) is 2.32. The van der Waals surface area contributed by atoms with Crippen LogP contribution in [0, 0.1) is 0 Å². The molecule has 2 atom stereocenters. The van der Waals surface area contributed by atoms with E-state index in [0.717, 1.165) is 4.31 Å². The summed E-state index contributed by atoms with van der Waals surface area (Å²) in [6.45, 7) is -0.570. The van der Waals surface area contributed by atoms with Gasteiger partial charge in [0.2, 0.25) is 0 Å². The lowest BCUT2D eigenvalue weighted by molar-refractivity contribution is -0.142. The van der Waals surface area contributed by atoms with Gasteiger partial charge in [-0.1, -0.05) is 0 Å². The van der Waals surface area contributed by atoms with Crippen LogP contribution in [-0.2, 0) is 19.8 Å². The number of hydrogen-bond acceptors (Lipinski definition) is 5. The van der Waals surface area contributed by atoms with Gasteiger partial charge in [0.15, 0.2) is 0 Å². The lowest BCUT2D eigenvalue weighted by Gasteiger charge is -2.24. The van der Waals surface area contributed by atoms with Crippen LogP contribution in [0.1, 0.15) is 6.42 Å². The summed E-state index contributed by atoms with van der Waals surface area (Å²) in [7, 11) is -1.58. The molecular formula is C8H15N3O6S. The Labute approximate surface area is 104 Å². The lowest BCUT2D eigenvalue weighted by atomic mass is 9.98. The third-order valence-electron chi connectivity index (χ3n) is 2.81. The fourth-order valence-corrected chi connectivity index (χ4v) is 3.02. The second-order valence-electron chi connectivity index (χ2n) is 4.35. The van der Waals surface area contributed by atoms with Crippen LogP contribution in [0.5, 0.6) is 0 Å². The molecule has 0 spiro atoms. The van der Waals surface area contributed by atoms with Crippen molar-refractivity contribution in [2.24, 2.45) is 5.73 Å². The topological polar surface area (TPSA) is 141 Å². The molecule has 0 aromatic carbocycles. The van der Waals surface area contributed by atoms with E-state index in [1.165, 1.54) is 14.1 Å². The molecule has 0 saturated carbocycles. The van der Waals surface area contributed by atoms with E-state index < -0.39 is 46.7 Å². The maximum Gasteiger partial charge on any atom is 0.325 e. The highest BCUT2D eigenvalue weighted by Crippen LogP contribution is 2.29. The molecule has 0 unspecified atom stereocenters. The van der Waals surface area contributed by atoms with Crippen molar-refractivity contribution < 1.29 is 28.2 Å². The molecule has 0 aromatic heterocycles. The van der Waals surface area contributed by atoms with Crippen LogP contribution in [0.2, 0.25) is 0 Å². The van der Waals surface area contributed by atoms with Crippen LogP contribution in [0.3, 0.4) is 0 Å². The number of rotatable bonds is 4. The Morgan fingerprint density at radius 1 is 1.39 bits per heavy atom. The Kier molecular flexibility index (Phi) is 3.68. The van der Waals surface area contributed by atoms with Gasteiger partial charge in [0.05, 0.1) is 0 Å². The molecular weight excluding hydrogens is 266 g/mol. The smallest absolute Gasteiger partial charge is 0.325 e. The van der Waals surface area contributed by atoms with Gasteiger partial charge in [-0.15, -0.1) is 0 Å². The summed E-state index contributed by atoms with van der Waals surface area (Å²) in [4.78, 5) is 22.0. The Morgan fingerprint density at radius 3 is 2.22 bits per heavy atom. The number of carboxylic acids is 2. The number of nitrogens with zero attached hydrogens (tertiary/aromatic N) is 2. The van der Waals surface area contributed by atoms with Gasteiger partial charge in [0, 0.05) is 27.1 Å². The standard InChI is InChI=1S/C8H15N3O6S/c1-10(2)18(16,17)11-4-8(9,7(14)15)3-5(11)6(12)13/h5H,3-4,9H2,1-2H3,(H,12,13)(H,14,15)/t5-,8-/m0/s1. The molecule has 0 aromatic rings.